The molecule has 0 spiro atoms. The van der Waals surface area contributed by atoms with Crippen molar-refractivity contribution in [3.63, 3.8) is 0 Å². The maximum Gasteiger partial charge on any atom is 0.326 e. The van der Waals surface area contributed by atoms with Crippen LogP contribution in [0, 0.1) is 5.92 Å². The molecule has 0 saturated carbocycles. The molecule has 0 unspecified atom stereocenters. The number of imidazole rings is 1. The third-order valence-corrected chi connectivity index (χ3v) is 4.00. The number of hydrogen-bond acceptors (Lipinski definition) is 6. The molecule has 0 atom stereocenters. The number of ether oxygens (including phenoxy) is 2. The van der Waals surface area contributed by atoms with Crippen LogP contribution in [0.4, 0.5) is 5.82 Å². The lowest BCUT2D eigenvalue weighted by Crippen LogP contribution is -2.21. The Balaban J connectivity index is 1.84. The number of nitrogens with two attached hydrogens (primary N) is 2. The van der Waals surface area contributed by atoms with E-state index in [9.17, 15) is 4.79 Å². The predicted octanol–water partition coefficient (Wildman–Crippen LogP) is 0.585. The van der Waals surface area contributed by atoms with Gasteiger partial charge in [-0.1, -0.05) is 0 Å². The minimum atomic E-state index is -0.256. The molecular formula is C15H21N5O3. The highest BCUT2D eigenvalue weighted by Gasteiger charge is 2.16. The normalized spacial score (nSPS) is 16.3. The average Bonchev–Trinajstić information content (AvgIpc) is 2.88. The Kier molecular flexibility index (Phi) is 4.52. The Labute approximate surface area is 133 Å². The van der Waals surface area contributed by atoms with Crippen molar-refractivity contribution in [2.75, 3.05) is 25.6 Å². The molecule has 1 fully saturated rings. The third-order valence-electron chi connectivity index (χ3n) is 4.00. The summed E-state index contributed by atoms with van der Waals surface area (Å²) in [5.74, 6) is 1.12. The number of anilines is 1. The summed E-state index contributed by atoms with van der Waals surface area (Å²) in [5, 5.41) is 0. The van der Waals surface area contributed by atoms with Crippen LogP contribution in [0.2, 0.25) is 0 Å². The summed E-state index contributed by atoms with van der Waals surface area (Å²) in [7, 11) is 0. The fraction of sp³-hybridized carbons (Fsp3) is 0.467. The van der Waals surface area contributed by atoms with Crippen molar-refractivity contribution in [1.82, 2.24) is 14.5 Å². The van der Waals surface area contributed by atoms with Gasteiger partial charge < -0.3 is 25.9 Å². The zero-order valence-electron chi connectivity index (χ0n) is 12.8. The number of nitrogens with one attached hydrogen (secondary N) is 1. The lowest BCUT2D eigenvalue weighted by Gasteiger charge is -2.21. The summed E-state index contributed by atoms with van der Waals surface area (Å²) >= 11 is 0. The third kappa shape index (κ3) is 3.31. The van der Waals surface area contributed by atoms with Crippen molar-refractivity contribution >= 4 is 16.9 Å². The van der Waals surface area contributed by atoms with Crippen LogP contribution in [-0.2, 0) is 11.3 Å². The minimum absolute atomic E-state index is 0.247. The van der Waals surface area contributed by atoms with Crippen molar-refractivity contribution in [2.24, 2.45) is 11.7 Å². The van der Waals surface area contributed by atoms with E-state index in [1.165, 1.54) is 10.8 Å². The van der Waals surface area contributed by atoms with Crippen LogP contribution in [0.15, 0.2) is 23.1 Å². The summed E-state index contributed by atoms with van der Waals surface area (Å²) in [4.78, 5) is 18.9. The first-order valence-corrected chi connectivity index (χ1v) is 7.65. The van der Waals surface area contributed by atoms with Crippen LogP contribution in [-0.4, -0.2) is 34.4 Å². The average molecular weight is 319 g/mol. The SMILES string of the molecule is N/C=C/Cn1c(=O)[nH]c2c(N)nc(OCC3CCOCC3)cc21. The van der Waals surface area contributed by atoms with Gasteiger partial charge in [-0.05, 0) is 31.0 Å². The van der Waals surface area contributed by atoms with Crippen molar-refractivity contribution in [3.05, 3.63) is 28.8 Å². The highest BCUT2D eigenvalue weighted by molar-refractivity contribution is 5.85. The Morgan fingerprint density at radius 2 is 2.26 bits per heavy atom. The molecule has 23 heavy (non-hydrogen) atoms. The molecule has 3 heterocycles. The van der Waals surface area contributed by atoms with Gasteiger partial charge in [0.25, 0.3) is 0 Å². The van der Waals surface area contributed by atoms with Crippen LogP contribution in [0.3, 0.4) is 0 Å². The molecule has 0 radical (unpaired) electrons. The first kappa shape index (κ1) is 15.4. The predicted molar refractivity (Wildman–Crippen MR) is 87.1 cm³/mol. The van der Waals surface area contributed by atoms with E-state index >= 15 is 0 Å². The Hall–Kier alpha value is -2.48. The second-order valence-electron chi connectivity index (χ2n) is 5.58. The van der Waals surface area contributed by atoms with Gasteiger partial charge >= 0.3 is 5.69 Å². The highest BCUT2D eigenvalue weighted by Crippen LogP contribution is 2.23. The smallest absolute Gasteiger partial charge is 0.326 e. The number of fused-ring (bicyclic) bond motifs is 1. The summed E-state index contributed by atoms with van der Waals surface area (Å²) in [6.07, 6.45) is 5.05. The second kappa shape index (κ2) is 6.74. The molecule has 1 saturated heterocycles. The largest absolute Gasteiger partial charge is 0.477 e. The number of pyridine rings is 1. The van der Waals surface area contributed by atoms with E-state index in [0.29, 0.717) is 36.0 Å². The molecule has 8 heteroatoms. The van der Waals surface area contributed by atoms with Gasteiger partial charge in [0, 0.05) is 25.8 Å². The molecular weight excluding hydrogens is 298 g/mol. The van der Waals surface area contributed by atoms with E-state index in [1.54, 1.807) is 12.1 Å². The molecule has 8 nitrogen and oxygen atoms in total. The fourth-order valence-electron chi connectivity index (χ4n) is 2.69. The molecule has 1 aliphatic heterocycles. The zero-order valence-corrected chi connectivity index (χ0v) is 12.8. The standard InChI is InChI=1S/C15H21N5O3/c16-4-1-5-20-11-8-12(18-14(17)13(11)19-15(20)21)23-9-10-2-6-22-7-3-10/h1,4,8,10H,2-3,5-7,9,16H2,(H2,17,18)(H,19,21)/b4-1+. The minimum Gasteiger partial charge on any atom is -0.477 e. The molecule has 0 amide bonds. The number of allylic oxidation sites excluding steroid dienone is 1. The number of aromatic amines is 1. The van der Waals surface area contributed by atoms with Crippen molar-refractivity contribution < 1.29 is 9.47 Å². The van der Waals surface area contributed by atoms with Gasteiger partial charge in [0.15, 0.2) is 5.82 Å². The number of rotatable bonds is 5. The Bertz CT molecular complexity index is 758. The number of aromatic nitrogens is 3. The molecule has 0 aromatic carbocycles. The lowest BCUT2D eigenvalue weighted by atomic mass is 10.0. The molecule has 3 rings (SSSR count). The van der Waals surface area contributed by atoms with Gasteiger partial charge in [0.1, 0.15) is 5.52 Å². The molecule has 1 aliphatic rings. The van der Waals surface area contributed by atoms with Crippen LogP contribution in [0.1, 0.15) is 12.8 Å². The second-order valence-corrected chi connectivity index (χ2v) is 5.58. The molecule has 0 bridgehead atoms. The molecule has 0 aliphatic carbocycles. The van der Waals surface area contributed by atoms with E-state index in [2.05, 4.69) is 9.97 Å². The number of nitrogen functional groups attached to an aromatic ring is 1. The van der Waals surface area contributed by atoms with E-state index < -0.39 is 0 Å². The Morgan fingerprint density at radius 3 is 3.00 bits per heavy atom. The monoisotopic (exact) mass is 319 g/mol. The van der Waals surface area contributed by atoms with Gasteiger partial charge in [-0.25, -0.2) is 4.79 Å². The summed E-state index contributed by atoms with van der Waals surface area (Å²) in [5.41, 5.74) is 12.2. The van der Waals surface area contributed by atoms with Crippen molar-refractivity contribution in [1.29, 1.82) is 0 Å². The first-order valence-electron chi connectivity index (χ1n) is 7.65. The van der Waals surface area contributed by atoms with Gasteiger partial charge in [0.05, 0.1) is 12.1 Å². The highest BCUT2D eigenvalue weighted by atomic mass is 16.5. The van der Waals surface area contributed by atoms with Crippen molar-refractivity contribution in [3.8, 4) is 5.88 Å². The Morgan fingerprint density at radius 1 is 1.48 bits per heavy atom. The molecule has 5 N–H and O–H groups in total. The van der Waals surface area contributed by atoms with Crippen LogP contribution < -0.4 is 21.9 Å². The summed E-state index contributed by atoms with van der Waals surface area (Å²) in [6.45, 7) is 2.47. The van der Waals surface area contributed by atoms with Crippen LogP contribution in [0.25, 0.3) is 11.0 Å². The number of hydrogen-bond donors (Lipinski definition) is 3. The van der Waals surface area contributed by atoms with Gasteiger partial charge in [-0.15, -0.1) is 0 Å². The number of H-pyrrole nitrogens is 1. The van der Waals surface area contributed by atoms with E-state index in [4.69, 9.17) is 20.9 Å². The lowest BCUT2D eigenvalue weighted by molar-refractivity contribution is 0.0491. The summed E-state index contributed by atoms with van der Waals surface area (Å²) in [6, 6.07) is 1.73. The van der Waals surface area contributed by atoms with Gasteiger partial charge in [-0.2, -0.15) is 4.98 Å². The maximum atomic E-state index is 12.0. The number of nitrogens with zero attached hydrogens (tertiary/aromatic N) is 2. The van der Waals surface area contributed by atoms with Crippen LogP contribution >= 0.6 is 0 Å². The quantitative estimate of drug-likeness (QED) is 0.741. The van der Waals surface area contributed by atoms with Crippen LogP contribution in [0.5, 0.6) is 5.88 Å². The molecule has 2 aromatic rings. The van der Waals surface area contributed by atoms with Gasteiger partial charge in [-0.3, -0.25) is 4.57 Å². The van der Waals surface area contributed by atoms with E-state index in [-0.39, 0.29) is 11.5 Å². The zero-order chi connectivity index (χ0) is 16.2. The topological polar surface area (TPSA) is 121 Å². The van der Waals surface area contributed by atoms with E-state index in [0.717, 1.165) is 26.1 Å². The fourth-order valence-corrected chi connectivity index (χ4v) is 2.69. The van der Waals surface area contributed by atoms with Gasteiger partial charge in [0.2, 0.25) is 5.88 Å². The maximum absolute atomic E-state index is 12.0. The molecule has 2 aromatic heterocycles. The summed E-state index contributed by atoms with van der Waals surface area (Å²) < 4.78 is 12.7. The molecule has 124 valence electrons. The van der Waals surface area contributed by atoms with E-state index in [1.807, 2.05) is 0 Å². The van der Waals surface area contributed by atoms with Crippen molar-refractivity contribution in [2.45, 2.75) is 19.4 Å². The first-order chi connectivity index (χ1) is 11.2.